The largest absolute Gasteiger partial charge is 0.506 e. The first-order valence-corrected chi connectivity index (χ1v) is 4.55. The number of hydrogen-bond acceptors (Lipinski definition) is 4. The molecule has 1 rings (SSSR count). The van der Waals surface area contributed by atoms with Crippen LogP contribution in [-0.2, 0) is 4.74 Å². The maximum absolute atomic E-state index is 11.2. The van der Waals surface area contributed by atoms with Gasteiger partial charge in [-0.15, -0.1) is 0 Å². The third-order valence-corrected chi connectivity index (χ3v) is 1.64. The van der Waals surface area contributed by atoms with E-state index < -0.39 is 6.09 Å². The number of carbonyl (C=O) groups excluding carboxylic acids is 1. The van der Waals surface area contributed by atoms with Crippen molar-refractivity contribution >= 4 is 17.5 Å². The molecule has 0 heterocycles. The van der Waals surface area contributed by atoms with E-state index in [4.69, 9.17) is 10.5 Å². The van der Waals surface area contributed by atoms with Gasteiger partial charge in [-0.05, 0) is 26.0 Å². The number of hydrogen-bond donors (Lipinski definition) is 3. The summed E-state index contributed by atoms with van der Waals surface area (Å²) in [5, 5.41) is 11.8. The highest BCUT2D eigenvalue weighted by Crippen LogP contribution is 2.29. The second-order valence-corrected chi connectivity index (χ2v) is 3.32. The molecule has 15 heavy (non-hydrogen) atoms. The summed E-state index contributed by atoms with van der Waals surface area (Å²) in [6.45, 7) is 3.46. The van der Waals surface area contributed by atoms with Gasteiger partial charge >= 0.3 is 6.09 Å². The van der Waals surface area contributed by atoms with Crippen LogP contribution in [0.25, 0.3) is 0 Å². The van der Waals surface area contributed by atoms with E-state index >= 15 is 0 Å². The number of anilines is 2. The number of nitrogens with one attached hydrogen (secondary N) is 1. The van der Waals surface area contributed by atoms with Gasteiger partial charge in [0.05, 0.1) is 11.8 Å². The van der Waals surface area contributed by atoms with Gasteiger partial charge in [0.1, 0.15) is 11.4 Å². The molecule has 5 nitrogen and oxygen atoms in total. The minimum absolute atomic E-state index is 0.0873. The van der Waals surface area contributed by atoms with Crippen molar-refractivity contribution < 1.29 is 14.6 Å². The standard InChI is InChI=1S/C10H14N2O3/c1-6(2)15-10(14)12-9-7(11)4-3-5-8(9)13/h3-6,13H,11H2,1-2H3,(H,12,14). The smallest absolute Gasteiger partial charge is 0.412 e. The van der Waals surface area contributed by atoms with E-state index in [1.165, 1.54) is 6.07 Å². The Morgan fingerprint density at radius 1 is 1.53 bits per heavy atom. The van der Waals surface area contributed by atoms with Gasteiger partial charge in [0, 0.05) is 0 Å². The number of rotatable bonds is 2. The summed E-state index contributed by atoms with van der Waals surface area (Å²) in [7, 11) is 0. The highest BCUT2D eigenvalue weighted by atomic mass is 16.6. The molecule has 0 fully saturated rings. The van der Waals surface area contributed by atoms with Crippen molar-refractivity contribution in [3.8, 4) is 5.75 Å². The number of phenolic OH excluding ortho intramolecular Hbond substituents is 1. The Bertz CT molecular complexity index is 343. The molecular formula is C10H14N2O3. The zero-order chi connectivity index (χ0) is 11.4. The van der Waals surface area contributed by atoms with Crippen molar-refractivity contribution in [2.45, 2.75) is 20.0 Å². The molecule has 0 aliphatic heterocycles. The topological polar surface area (TPSA) is 84.6 Å². The lowest BCUT2D eigenvalue weighted by molar-refractivity contribution is 0.130. The zero-order valence-corrected chi connectivity index (χ0v) is 8.65. The minimum atomic E-state index is -0.641. The number of aromatic hydroxyl groups is 1. The fourth-order valence-corrected chi connectivity index (χ4v) is 1.04. The number of amides is 1. The number of nitrogen functional groups attached to an aromatic ring is 1. The van der Waals surface area contributed by atoms with Gasteiger partial charge < -0.3 is 15.6 Å². The third-order valence-electron chi connectivity index (χ3n) is 1.64. The van der Waals surface area contributed by atoms with Crippen LogP contribution in [-0.4, -0.2) is 17.3 Å². The fourth-order valence-electron chi connectivity index (χ4n) is 1.04. The summed E-state index contributed by atoms with van der Waals surface area (Å²) >= 11 is 0. The molecular weight excluding hydrogens is 196 g/mol. The lowest BCUT2D eigenvalue weighted by atomic mass is 10.2. The normalized spacial score (nSPS) is 10.1. The van der Waals surface area contributed by atoms with Crippen LogP contribution in [0.3, 0.4) is 0 Å². The molecule has 0 aromatic heterocycles. The molecule has 0 unspecified atom stereocenters. The van der Waals surface area contributed by atoms with Gasteiger partial charge in [0.25, 0.3) is 0 Å². The van der Waals surface area contributed by atoms with Crippen LogP contribution in [0.1, 0.15) is 13.8 Å². The Hall–Kier alpha value is -1.91. The first kappa shape index (κ1) is 11.2. The predicted molar refractivity (Wildman–Crippen MR) is 57.8 cm³/mol. The average Bonchev–Trinajstić information content (AvgIpc) is 2.10. The van der Waals surface area contributed by atoms with E-state index in [0.29, 0.717) is 0 Å². The number of benzene rings is 1. The summed E-state index contributed by atoms with van der Waals surface area (Å²) in [5.74, 6) is -0.0873. The number of nitrogens with two attached hydrogens (primary N) is 1. The average molecular weight is 210 g/mol. The molecule has 0 saturated heterocycles. The van der Waals surface area contributed by atoms with Crippen LogP contribution >= 0.6 is 0 Å². The molecule has 0 aliphatic rings. The van der Waals surface area contributed by atoms with E-state index in [1.807, 2.05) is 0 Å². The first-order valence-electron chi connectivity index (χ1n) is 4.55. The first-order chi connectivity index (χ1) is 7.00. The van der Waals surface area contributed by atoms with Gasteiger partial charge in [-0.25, -0.2) is 4.79 Å². The highest BCUT2D eigenvalue weighted by molar-refractivity contribution is 5.91. The van der Waals surface area contributed by atoms with Gasteiger partial charge in [-0.3, -0.25) is 5.32 Å². The Morgan fingerprint density at radius 2 is 2.20 bits per heavy atom. The van der Waals surface area contributed by atoms with Gasteiger partial charge in [-0.2, -0.15) is 0 Å². The van der Waals surface area contributed by atoms with Crippen LogP contribution in [0.15, 0.2) is 18.2 Å². The van der Waals surface area contributed by atoms with Gasteiger partial charge in [0.15, 0.2) is 0 Å². The lowest BCUT2D eigenvalue weighted by Gasteiger charge is -2.11. The molecule has 1 amide bonds. The number of para-hydroxylation sites is 1. The van der Waals surface area contributed by atoms with E-state index in [1.54, 1.807) is 26.0 Å². The van der Waals surface area contributed by atoms with E-state index in [0.717, 1.165) is 0 Å². The van der Waals surface area contributed by atoms with Crippen molar-refractivity contribution in [1.82, 2.24) is 0 Å². The summed E-state index contributed by atoms with van der Waals surface area (Å²) in [6.07, 6.45) is -0.865. The van der Waals surface area contributed by atoms with Crippen molar-refractivity contribution in [3.63, 3.8) is 0 Å². The quantitative estimate of drug-likeness (QED) is 0.514. The molecule has 0 radical (unpaired) electrons. The maximum Gasteiger partial charge on any atom is 0.412 e. The van der Waals surface area contributed by atoms with Crippen molar-refractivity contribution in [3.05, 3.63) is 18.2 Å². The summed E-state index contributed by atoms with van der Waals surface area (Å²) < 4.78 is 4.85. The molecule has 4 N–H and O–H groups in total. The SMILES string of the molecule is CC(C)OC(=O)Nc1c(N)cccc1O. The minimum Gasteiger partial charge on any atom is -0.506 e. The van der Waals surface area contributed by atoms with E-state index in [2.05, 4.69) is 5.32 Å². The second kappa shape index (κ2) is 4.54. The Morgan fingerprint density at radius 3 is 2.73 bits per heavy atom. The van der Waals surface area contributed by atoms with Crippen molar-refractivity contribution in [2.75, 3.05) is 11.1 Å². The van der Waals surface area contributed by atoms with Gasteiger partial charge in [0.2, 0.25) is 0 Å². The highest BCUT2D eigenvalue weighted by Gasteiger charge is 2.10. The molecule has 0 spiro atoms. The number of ether oxygens (including phenoxy) is 1. The molecule has 82 valence electrons. The molecule has 5 heteroatoms. The molecule has 1 aromatic rings. The maximum atomic E-state index is 11.2. The van der Waals surface area contributed by atoms with Crippen LogP contribution in [0.5, 0.6) is 5.75 Å². The van der Waals surface area contributed by atoms with Gasteiger partial charge in [-0.1, -0.05) is 6.07 Å². The Balaban J connectivity index is 2.76. The zero-order valence-electron chi connectivity index (χ0n) is 8.65. The monoisotopic (exact) mass is 210 g/mol. The molecule has 0 aliphatic carbocycles. The molecule has 0 atom stereocenters. The van der Waals surface area contributed by atoms with Crippen molar-refractivity contribution in [2.24, 2.45) is 0 Å². The summed E-state index contributed by atoms with van der Waals surface area (Å²) in [5.41, 5.74) is 6.03. The summed E-state index contributed by atoms with van der Waals surface area (Å²) in [6, 6.07) is 4.59. The molecule has 0 saturated carbocycles. The fraction of sp³-hybridized carbons (Fsp3) is 0.300. The lowest BCUT2D eigenvalue weighted by Crippen LogP contribution is -2.18. The molecule has 1 aromatic carbocycles. The van der Waals surface area contributed by atoms with Crippen LogP contribution in [0, 0.1) is 0 Å². The van der Waals surface area contributed by atoms with Crippen LogP contribution < -0.4 is 11.1 Å². The van der Waals surface area contributed by atoms with Crippen LogP contribution in [0.4, 0.5) is 16.2 Å². The van der Waals surface area contributed by atoms with E-state index in [-0.39, 0.29) is 23.2 Å². The molecule has 0 bridgehead atoms. The van der Waals surface area contributed by atoms with E-state index in [9.17, 15) is 9.90 Å². The predicted octanol–water partition coefficient (Wildman–Crippen LogP) is 1.93. The van der Waals surface area contributed by atoms with Crippen molar-refractivity contribution in [1.29, 1.82) is 0 Å². The number of phenols is 1. The summed E-state index contributed by atoms with van der Waals surface area (Å²) in [4.78, 5) is 11.2. The third kappa shape index (κ3) is 3.05. The Labute approximate surface area is 87.9 Å². The van der Waals surface area contributed by atoms with Crippen LogP contribution in [0.2, 0.25) is 0 Å². The Kier molecular flexibility index (Phi) is 3.38. The number of carbonyl (C=O) groups is 1. The second-order valence-electron chi connectivity index (χ2n) is 3.32.